The average Bonchev–Trinajstić information content (AvgIpc) is 2.70. The molecule has 0 aromatic heterocycles. The Kier molecular flexibility index (Phi) is 6.76. The summed E-state index contributed by atoms with van der Waals surface area (Å²) in [5.41, 5.74) is 2.64. The fraction of sp³-hybridized carbons (Fsp3) is 0.364. The van der Waals surface area contributed by atoms with Crippen LogP contribution < -0.4 is 0 Å². The lowest BCUT2D eigenvalue weighted by Crippen LogP contribution is -2.40. The first-order chi connectivity index (χ1) is 13.6. The second-order valence-electron chi connectivity index (χ2n) is 7.05. The van der Waals surface area contributed by atoms with E-state index in [2.05, 4.69) is 10.1 Å². The van der Waals surface area contributed by atoms with E-state index in [1.54, 1.807) is 18.2 Å². The van der Waals surface area contributed by atoms with Crippen LogP contribution in [0.1, 0.15) is 29.5 Å². The molecule has 0 spiro atoms. The normalized spacial score (nSPS) is 18.1. The average molecular weight is 384 g/mol. The molecular weight excluding hydrogens is 359 g/mol. The number of carboxylic acids is 1. The number of halogens is 1. The quantitative estimate of drug-likeness (QED) is 0.449. The van der Waals surface area contributed by atoms with Crippen LogP contribution in [0.5, 0.6) is 0 Å². The summed E-state index contributed by atoms with van der Waals surface area (Å²) in [4.78, 5) is 18.8. The molecule has 0 amide bonds. The van der Waals surface area contributed by atoms with Crippen LogP contribution in [0.4, 0.5) is 4.39 Å². The van der Waals surface area contributed by atoms with Gasteiger partial charge in [-0.05, 0) is 44.0 Å². The Bertz CT molecular complexity index is 806. The molecule has 1 N–H and O–H groups in total. The van der Waals surface area contributed by atoms with Crippen molar-refractivity contribution in [2.45, 2.75) is 19.8 Å². The maximum Gasteiger partial charge on any atom is 0.307 e. The van der Waals surface area contributed by atoms with Crippen molar-refractivity contribution in [3.63, 3.8) is 0 Å². The smallest absolute Gasteiger partial charge is 0.307 e. The summed E-state index contributed by atoms with van der Waals surface area (Å²) in [6, 6.07) is 14.2. The third kappa shape index (κ3) is 4.95. The van der Waals surface area contributed by atoms with E-state index in [0.29, 0.717) is 31.0 Å². The SMILES string of the molecule is Cc1ccccc1/C(=N/OCCN1CCC[C@@H](C(=O)O)C1)c1ccccc1F. The Morgan fingerprint density at radius 2 is 1.93 bits per heavy atom. The Morgan fingerprint density at radius 1 is 1.21 bits per heavy atom. The maximum atomic E-state index is 14.4. The number of nitrogens with zero attached hydrogens (tertiary/aromatic N) is 2. The number of benzene rings is 2. The Hall–Kier alpha value is -2.73. The van der Waals surface area contributed by atoms with Crippen LogP contribution in [-0.2, 0) is 9.63 Å². The number of carbonyl (C=O) groups is 1. The lowest BCUT2D eigenvalue weighted by Gasteiger charge is -2.30. The highest BCUT2D eigenvalue weighted by atomic mass is 19.1. The number of hydrogen-bond acceptors (Lipinski definition) is 4. The zero-order valence-corrected chi connectivity index (χ0v) is 16.0. The lowest BCUT2D eigenvalue weighted by molar-refractivity contribution is -0.143. The second kappa shape index (κ2) is 9.46. The minimum Gasteiger partial charge on any atom is -0.481 e. The van der Waals surface area contributed by atoms with Gasteiger partial charge in [0.25, 0.3) is 0 Å². The summed E-state index contributed by atoms with van der Waals surface area (Å²) in [7, 11) is 0. The first kappa shape index (κ1) is 20.0. The molecular formula is C22H25FN2O3. The van der Waals surface area contributed by atoms with Gasteiger partial charge in [-0.15, -0.1) is 0 Å². The molecule has 0 radical (unpaired) electrons. The molecule has 1 aliphatic rings. The van der Waals surface area contributed by atoms with Gasteiger partial charge in [0, 0.05) is 24.2 Å². The van der Waals surface area contributed by atoms with Gasteiger partial charge in [-0.25, -0.2) is 4.39 Å². The van der Waals surface area contributed by atoms with Crippen molar-refractivity contribution in [2.24, 2.45) is 11.1 Å². The minimum absolute atomic E-state index is 0.316. The van der Waals surface area contributed by atoms with Crippen LogP contribution >= 0.6 is 0 Å². The summed E-state index contributed by atoms with van der Waals surface area (Å²) in [5, 5.41) is 13.4. The monoisotopic (exact) mass is 384 g/mol. The van der Waals surface area contributed by atoms with Crippen LogP contribution in [0.3, 0.4) is 0 Å². The number of carboxylic acid groups (broad SMARTS) is 1. The van der Waals surface area contributed by atoms with Crippen LogP contribution in [0.25, 0.3) is 0 Å². The third-order valence-electron chi connectivity index (χ3n) is 5.04. The first-order valence-corrected chi connectivity index (χ1v) is 9.52. The van der Waals surface area contributed by atoms with Gasteiger partial charge in [0.05, 0.1) is 5.92 Å². The lowest BCUT2D eigenvalue weighted by atomic mass is 9.98. The van der Waals surface area contributed by atoms with E-state index < -0.39 is 5.97 Å². The van der Waals surface area contributed by atoms with E-state index in [1.165, 1.54) is 6.07 Å². The Labute approximate surface area is 164 Å². The van der Waals surface area contributed by atoms with Crippen molar-refractivity contribution in [3.05, 3.63) is 71.0 Å². The van der Waals surface area contributed by atoms with E-state index in [9.17, 15) is 14.3 Å². The van der Waals surface area contributed by atoms with E-state index >= 15 is 0 Å². The van der Waals surface area contributed by atoms with Crippen molar-refractivity contribution < 1.29 is 19.1 Å². The Morgan fingerprint density at radius 3 is 2.64 bits per heavy atom. The fourth-order valence-electron chi connectivity index (χ4n) is 3.48. The standard InChI is InChI=1S/C22H25FN2O3/c1-16-7-2-3-9-18(16)21(19-10-4-5-11-20(19)23)24-28-14-13-25-12-6-8-17(15-25)22(26)27/h2-5,7,9-11,17H,6,8,12-15H2,1H3,(H,26,27)/b24-21-/t17-/m1/s1. The van der Waals surface area contributed by atoms with E-state index in [0.717, 1.165) is 30.5 Å². The molecule has 2 aromatic rings. The molecule has 0 unspecified atom stereocenters. The molecule has 1 heterocycles. The van der Waals surface area contributed by atoms with E-state index in [4.69, 9.17) is 4.84 Å². The number of aliphatic carboxylic acids is 1. The van der Waals surface area contributed by atoms with Gasteiger partial charge < -0.3 is 9.94 Å². The van der Waals surface area contributed by atoms with Gasteiger partial charge in [0.1, 0.15) is 18.1 Å². The topological polar surface area (TPSA) is 62.1 Å². The minimum atomic E-state index is -0.745. The number of oxime groups is 1. The van der Waals surface area contributed by atoms with Gasteiger partial charge in [-0.1, -0.05) is 41.6 Å². The molecule has 1 fully saturated rings. The van der Waals surface area contributed by atoms with Gasteiger partial charge in [0.15, 0.2) is 0 Å². The van der Waals surface area contributed by atoms with Crippen molar-refractivity contribution >= 4 is 11.7 Å². The molecule has 2 aromatic carbocycles. The third-order valence-corrected chi connectivity index (χ3v) is 5.04. The predicted molar refractivity (Wildman–Crippen MR) is 106 cm³/mol. The number of rotatable bonds is 7. The maximum absolute atomic E-state index is 14.4. The summed E-state index contributed by atoms with van der Waals surface area (Å²) >= 11 is 0. The number of piperidine rings is 1. The van der Waals surface area contributed by atoms with Gasteiger partial charge in [-0.2, -0.15) is 0 Å². The first-order valence-electron chi connectivity index (χ1n) is 9.52. The molecule has 0 saturated carbocycles. The zero-order valence-electron chi connectivity index (χ0n) is 16.0. The highest BCUT2D eigenvalue weighted by Gasteiger charge is 2.25. The highest BCUT2D eigenvalue weighted by Crippen LogP contribution is 2.19. The molecule has 5 nitrogen and oxygen atoms in total. The highest BCUT2D eigenvalue weighted by molar-refractivity contribution is 6.13. The molecule has 1 aliphatic heterocycles. The van der Waals surface area contributed by atoms with Crippen LogP contribution in [0, 0.1) is 18.7 Å². The van der Waals surface area contributed by atoms with Gasteiger partial charge in [-0.3, -0.25) is 9.69 Å². The fourth-order valence-corrected chi connectivity index (χ4v) is 3.48. The van der Waals surface area contributed by atoms with Crippen molar-refractivity contribution in [3.8, 4) is 0 Å². The van der Waals surface area contributed by atoms with E-state index in [-0.39, 0.29) is 11.7 Å². The number of hydrogen-bond donors (Lipinski definition) is 1. The van der Waals surface area contributed by atoms with Crippen molar-refractivity contribution in [1.82, 2.24) is 4.90 Å². The summed E-state index contributed by atoms with van der Waals surface area (Å²) in [5.74, 6) is -1.42. The van der Waals surface area contributed by atoms with Crippen molar-refractivity contribution in [1.29, 1.82) is 0 Å². The number of aryl methyl sites for hydroxylation is 1. The van der Waals surface area contributed by atoms with Crippen molar-refractivity contribution in [2.75, 3.05) is 26.2 Å². The Balaban J connectivity index is 1.71. The number of likely N-dealkylation sites (tertiary alicyclic amines) is 1. The molecule has 6 heteroatoms. The van der Waals surface area contributed by atoms with Gasteiger partial charge >= 0.3 is 5.97 Å². The largest absolute Gasteiger partial charge is 0.481 e. The molecule has 3 rings (SSSR count). The zero-order chi connectivity index (χ0) is 19.9. The molecule has 148 valence electrons. The molecule has 0 aliphatic carbocycles. The molecule has 1 saturated heterocycles. The van der Waals surface area contributed by atoms with E-state index in [1.807, 2.05) is 31.2 Å². The molecule has 1 atom stereocenters. The molecule has 0 bridgehead atoms. The summed E-state index contributed by atoms with van der Waals surface area (Å²) < 4.78 is 14.4. The molecule has 28 heavy (non-hydrogen) atoms. The van der Waals surface area contributed by atoms with Gasteiger partial charge in [0.2, 0.25) is 0 Å². The summed E-state index contributed by atoms with van der Waals surface area (Å²) in [6.45, 7) is 4.24. The van der Waals surface area contributed by atoms with Crippen LogP contribution in [-0.4, -0.2) is 47.9 Å². The predicted octanol–water partition coefficient (Wildman–Crippen LogP) is 3.70. The second-order valence-corrected chi connectivity index (χ2v) is 7.05. The summed E-state index contributed by atoms with van der Waals surface area (Å²) in [6.07, 6.45) is 1.58. The van der Waals surface area contributed by atoms with Crippen LogP contribution in [0.15, 0.2) is 53.7 Å². The van der Waals surface area contributed by atoms with Crippen LogP contribution in [0.2, 0.25) is 0 Å².